The lowest BCUT2D eigenvalue weighted by Crippen LogP contribution is -2.38. The van der Waals surface area contributed by atoms with Crippen LogP contribution in [-0.2, 0) is 4.79 Å². The molecule has 0 spiro atoms. The standard InChI is InChI=1S/C11H22N2O2/c1-8(2)5-13-11(15)7-12-6-10(14)9-3-4-9/h8-10,12,14H,3-7H2,1-2H3,(H,13,15). The van der Waals surface area contributed by atoms with E-state index in [4.69, 9.17) is 0 Å². The van der Waals surface area contributed by atoms with Gasteiger partial charge in [0, 0.05) is 13.1 Å². The van der Waals surface area contributed by atoms with Crippen molar-refractivity contribution in [3.05, 3.63) is 0 Å². The first kappa shape index (κ1) is 12.5. The Morgan fingerprint density at radius 3 is 2.60 bits per heavy atom. The fraction of sp³-hybridized carbons (Fsp3) is 0.909. The van der Waals surface area contributed by atoms with E-state index in [9.17, 15) is 9.90 Å². The molecule has 1 fully saturated rings. The summed E-state index contributed by atoms with van der Waals surface area (Å²) in [4.78, 5) is 11.3. The Morgan fingerprint density at radius 1 is 1.40 bits per heavy atom. The number of aliphatic hydroxyl groups excluding tert-OH is 1. The molecule has 15 heavy (non-hydrogen) atoms. The molecular weight excluding hydrogens is 192 g/mol. The highest BCUT2D eigenvalue weighted by Crippen LogP contribution is 2.32. The lowest BCUT2D eigenvalue weighted by molar-refractivity contribution is -0.120. The van der Waals surface area contributed by atoms with E-state index < -0.39 is 0 Å². The topological polar surface area (TPSA) is 61.4 Å². The number of carbonyl (C=O) groups excluding carboxylic acids is 1. The Bertz CT molecular complexity index is 203. The fourth-order valence-corrected chi connectivity index (χ4v) is 1.36. The molecular formula is C11H22N2O2. The van der Waals surface area contributed by atoms with Crippen molar-refractivity contribution in [2.45, 2.75) is 32.8 Å². The van der Waals surface area contributed by atoms with Gasteiger partial charge in [-0.05, 0) is 24.7 Å². The molecule has 88 valence electrons. The van der Waals surface area contributed by atoms with E-state index in [1.54, 1.807) is 0 Å². The van der Waals surface area contributed by atoms with E-state index >= 15 is 0 Å². The van der Waals surface area contributed by atoms with E-state index in [0.717, 1.165) is 12.8 Å². The zero-order valence-corrected chi connectivity index (χ0v) is 9.62. The van der Waals surface area contributed by atoms with Crippen LogP contribution in [0, 0.1) is 11.8 Å². The van der Waals surface area contributed by atoms with Gasteiger partial charge >= 0.3 is 0 Å². The molecule has 1 atom stereocenters. The van der Waals surface area contributed by atoms with Crippen molar-refractivity contribution in [2.75, 3.05) is 19.6 Å². The molecule has 0 aromatic rings. The monoisotopic (exact) mass is 214 g/mol. The molecule has 1 rings (SSSR count). The van der Waals surface area contributed by atoms with Crippen molar-refractivity contribution in [3.63, 3.8) is 0 Å². The number of rotatable bonds is 7. The Morgan fingerprint density at radius 2 is 2.07 bits per heavy atom. The summed E-state index contributed by atoms with van der Waals surface area (Å²) in [6.07, 6.45) is 1.98. The highest BCUT2D eigenvalue weighted by molar-refractivity contribution is 5.77. The summed E-state index contributed by atoms with van der Waals surface area (Å²) in [6, 6.07) is 0. The third-order valence-corrected chi connectivity index (χ3v) is 2.51. The van der Waals surface area contributed by atoms with Gasteiger partial charge in [-0.1, -0.05) is 13.8 Å². The van der Waals surface area contributed by atoms with Gasteiger partial charge < -0.3 is 15.7 Å². The van der Waals surface area contributed by atoms with Crippen LogP contribution in [0.3, 0.4) is 0 Å². The first-order chi connectivity index (χ1) is 7.09. The van der Waals surface area contributed by atoms with Gasteiger partial charge in [0.05, 0.1) is 12.6 Å². The second-order valence-corrected chi connectivity index (χ2v) is 4.73. The molecule has 0 bridgehead atoms. The average Bonchev–Trinajstić information content (AvgIpc) is 2.97. The van der Waals surface area contributed by atoms with E-state index in [-0.39, 0.29) is 12.0 Å². The van der Waals surface area contributed by atoms with Crippen molar-refractivity contribution in [3.8, 4) is 0 Å². The Kier molecular flexibility index (Phi) is 5.05. The maximum atomic E-state index is 11.3. The second-order valence-electron chi connectivity index (χ2n) is 4.73. The van der Waals surface area contributed by atoms with Gasteiger partial charge in [-0.25, -0.2) is 0 Å². The van der Waals surface area contributed by atoms with Gasteiger partial charge in [0.15, 0.2) is 0 Å². The number of aliphatic hydroxyl groups is 1. The molecule has 3 N–H and O–H groups in total. The van der Waals surface area contributed by atoms with Crippen LogP contribution in [0.25, 0.3) is 0 Å². The summed E-state index contributed by atoms with van der Waals surface area (Å²) < 4.78 is 0. The predicted octanol–water partition coefficient (Wildman–Crippen LogP) is 0.119. The zero-order valence-electron chi connectivity index (χ0n) is 9.62. The lowest BCUT2D eigenvalue weighted by Gasteiger charge is -2.11. The third-order valence-electron chi connectivity index (χ3n) is 2.51. The molecule has 0 saturated heterocycles. The SMILES string of the molecule is CC(C)CNC(=O)CNCC(O)C1CC1. The maximum Gasteiger partial charge on any atom is 0.233 e. The number of hydrogen-bond acceptors (Lipinski definition) is 3. The largest absolute Gasteiger partial charge is 0.392 e. The Balaban J connectivity index is 1.96. The molecule has 1 amide bonds. The van der Waals surface area contributed by atoms with E-state index in [1.165, 1.54) is 0 Å². The molecule has 0 aliphatic heterocycles. The van der Waals surface area contributed by atoms with Gasteiger partial charge in [-0.3, -0.25) is 4.79 Å². The summed E-state index contributed by atoms with van der Waals surface area (Å²) >= 11 is 0. The van der Waals surface area contributed by atoms with Crippen LogP contribution in [0.2, 0.25) is 0 Å². The molecule has 0 aromatic heterocycles. The van der Waals surface area contributed by atoms with Gasteiger partial charge in [0.25, 0.3) is 0 Å². The van der Waals surface area contributed by atoms with Crippen LogP contribution in [0.1, 0.15) is 26.7 Å². The predicted molar refractivity (Wildman–Crippen MR) is 59.4 cm³/mol. The number of carbonyl (C=O) groups is 1. The number of nitrogens with one attached hydrogen (secondary N) is 2. The summed E-state index contributed by atoms with van der Waals surface area (Å²) in [6.45, 7) is 5.66. The zero-order chi connectivity index (χ0) is 11.3. The highest BCUT2D eigenvalue weighted by atomic mass is 16.3. The van der Waals surface area contributed by atoms with Crippen molar-refractivity contribution in [1.29, 1.82) is 0 Å². The summed E-state index contributed by atoms with van der Waals surface area (Å²) in [7, 11) is 0. The maximum absolute atomic E-state index is 11.3. The molecule has 1 aliphatic carbocycles. The van der Waals surface area contributed by atoms with Crippen molar-refractivity contribution < 1.29 is 9.90 Å². The van der Waals surface area contributed by atoms with Crippen molar-refractivity contribution >= 4 is 5.91 Å². The number of hydrogen-bond donors (Lipinski definition) is 3. The van der Waals surface area contributed by atoms with Crippen LogP contribution in [0.5, 0.6) is 0 Å². The van der Waals surface area contributed by atoms with Crippen molar-refractivity contribution in [1.82, 2.24) is 10.6 Å². The minimum atomic E-state index is -0.275. The Hall–Kier alpha value is -0.610. The van der Waals surface area contributed by atoms with Crippen molar-refractivity contribution in [2.24, 2.45) is 11.8 Å². The van der Waals surface area contributed by atoms with Crippen LogP contribution < -0.4 is 10.6 Å². The summed E-state index contributed by atoms with van der Waals surface area (Å²) in [5.41, 5.74) is 0. The van der Waals surface area contributed by atoms with E-state index in [0.29, 0.717) is 31.5 Å². The van der Waals surface area contributed by atoms with E-state index in [2.05, 4.69) is 24.5 Å². The van der Waals surface area contributed by atoms with Crippen LogP contribution in [0.4, 0.5) is 0 Å². The lowest BCUT2D eigenvalue weighted by atomic mass is 10.2. The first-order valence-electron chi connectivity index (χ1n) is 5.75. The first-order valence-corrected chi connectivity index (χ1v) is 5.75. The molecule has 1 unspecified atom stereocenters. The van der Waals surface area contributed by atoms with Gasteiger partial charge in [-0.15, -0.1) is 0 Å². The van der Waals surface area contributed by atoms with Gasteiger partial charge in [0.1, 0.15) is 0 Å². The molecule has 0 heterocycles. The highest BCUT2D eigenvalue weighted by Gasteiger charge is 2.29. The van der Waals surface area contributed by atoms with Crippen LogP contribution in [0.15, 0.2) is 0 Å². The molecule has 0 radical (unpaired) electrons. The number of amides is 1. The minimum absolute atomic E-state index is 0.00620. The molecule has 1 aliphatic rings. The average molecular weight is 214 g/mol. The van der Waals surface area contributed by atoms with Gasteiger partial charge in [-0.2, -0.15) is 0 Å². The minimum Gasteiger partial charge on any atom is -0.392 e. The third kappa shape index (κ3) is 5.74. The molecule has 4 heteroatoms. The second kappa shape index (κ2) is 6.08. The fourth-order valence-electron chi connectivity index (χ4n) is 1.36. The molecule has 0 aromatic carbocycles. The summed E-state index contributed by atoms with van der Waals surface area (Å²) in [5.74, 6) is 0.953. The Labute approximate surface area is 91.4 Å². The van der Waals surface area contributed by atoms with Crippen LogP contribution >= 0.6 is 0 Å². The normalized spacial score (nSPS) is 17.9. The van der Waals surface area contributed by atoms with E-state index in [1.807, 2.05) is 0 Å². The summed E-state index contributed by atoms with van der Waals surface area (Å²) in [5, 5.41) is 15.3. The molecule has 4 nitrogen and oxygen atoms in total. The van der Waals surface area contributed by atoms with Gasteiger partial charge in [0.2, 0.25) is 5.91 Å². The molecule has 1 saturated carbocycles. The van der Waals surface area contributed by atoms with Crippen LogP contribution in [-0.4, -0.2) is 36.8 Å². The quantitative estimate of drug-likeness (QED) is 0.564. The smallest absolute Gasteiger partial charge is 0.233 e.